The lowest BCUT2D eigenvalue weighted by molar-refractivity contribution is 0.325. The Balaban J connectivity index is 2.91. The van der Waals surface area contributed by atoms with Gasteiger partial charge in [0.25, 0.3) is 0 Å². The average Bonchev–Trinajstić information content (AvgIpc) is 2.41. The molecule has 0 N–H and O–H groups in total. The molecule has 0 saturated carbocycles. The van der Waals surface area contributed by atoms with Gasteiger partial charge in [-0.2, -0.15) is 0 Å². The molecule has 0 aliphatic carbocycles. The molecule has 2 nitrogen and oxygen atoms in total. The van der Waals surface area contributed by atoms with Crippen molar-refractivity contribution < 1.29 is 9.47 Å². The van der Waals surface area contributed by atoms with Gasteiger partial charge in [-0.25, -0.2) is 0 Å². The zero-order chi connectivity index (χ0) is 14.1. The Kier molecular flexibility index (Phi) is 7.09. The van der Waals surface area contributed by atoms with E-state index in [4.69, 9.17) is 9.47 Å². The van der Waals surface area contributed by atoms with Crippen LogP contribution in [0.25, 0.3) is 0 Å². The molecule has 106 valence electrons. The molecule has 0 heterocycles. The molecule has 1 aromatic rings. The van der Waals surface area contributed by atoms with Crippen LogP contribution in [0.5, 0.6) is 11.5 Å². The summed E-state index contributed by atoms with van der Waals surface area (Å²) in [5.41, 5.74) is 1.23. The van der Waals surface area contributed by atoms with Crippen molar-refractivity contribution in [2.24, 2.45) is 0 Å². The fraction of sp³-hybridized carbons (Fsp3) is 0.529. The van der Waals surface area contributed by atoms with Crippen LogP contribution in [0.3, 0.4) is 0 Å². The van der Waals surface area contributed by atoms with Crippen molar-refractivity contribution in [3.63, 3.8) is 0 Å². The normalized spacial score (nSPS) is 12.6. The van der Waals surface area contributed by atoms with Gasteiger partial charge in [0.15, 0.2) is 0 Å². The molecule has 1 aromatic carbocycles. The monoisotopic (exact) mass is 262 g/mol. The number of hydrogen-bond donors (Lipinski definition) is 0. The minimum Gasteiger partial charge on any atom is -0.494 e. The molecule has 0 spiro atoms. The van der Waals surface area contributed by atoms with E-state index < -0.39 is 0 Å². The van der Waals surface area contributed by atoms with Crippen LogP contribution in [-0.4, -0.2) is 13.2 Å². The summed E-state index contributed by atoms with van der Waals surface area (Å²) in [6, 6.07) is 6.11. The van der Waals surface area contributed by atoms with Gasteiger partial charge in [0.05, 0.1) is 13.2 Å². The Morgan fingerprint density at radius 2 is 1.79 bits per heavy atom. The molecule has 0 bridgehead atoms. The lowest BCUT2D eigenvalue weighted by Crippen LogP contribution is -2.01. The Labute approximate surface area is 117 Å². The topological polar surface area (TPSA) is 18.5 Å². The van der Waals surface area contributed by atoms with Crippen molar-refractivity contribution >= 4 is 0 Å². The molecular weight excluding hydrogens is 236 g/mol. The van der Waals surface area contributed by atoms with Gasteiger partial charge in [-0.05, 0) is 50.8 Å². The maximum atomic E-state index is 5.72. The van der Waals surface area contributed by atoms with Crippen LogP contribution in [0.15, 0.2) is 30.4 Å². The maximum absolute atomic E-state index is 5.72. The number of ether oxygens (including phenoxy) is 2. The molecule has 1 unspecified atom stereocenters. The predicted molar refractivity (Wildman–Crippen MR) is 81.2 cm³/mol. The fourth-order valence-corrected chi connectivity index (χ4v) is 2.05. The zero-order valence-corrected chi connectivity index (χ0v) is 12.6. The van der Waals surface area contributed by atoms with Crippen LogP contribution in [-0.2, 0) is 0 Å². The molecule has 1 rings (SSSR count). The molecule has 19 heavy (non-hydrogen) atoms. The highest BCUT2D eigenvalue weighted by Gasteiger charge is 2.12. The summed E-state index contributed by atoms with van der Waals surface area (Å²) in [7, 11) is 0. The molecule has 0 saturated heterocycles. The largest absolute Gasteiger partial charge is 0.494 e. The fourth-order valence-electron chi connectivity index (χ4n) is 2.05. The minimum absolute atomic E-state index is 0.435. The Morgan fingerprint density at radius 1 is 1.05 bits per heavy atom. The van der Waals surface area contributed by atoms with E-state index >= 15 is 0 Å². The van der Waals surface area contributed by atoms with Gasteiger partial charge in [-0.15, -0.1) is 0 Å². The second kappa shape index (κ2) is 8.63. The van der Waals surface area contributed by atoms with Crippen molar-refractivity contribution in [3.05, 3.63) is 35.9 Å². The molecule has 0 radical (unpaired) electrons. The minimum atomic E-state index is 0.435. The quantitative estimate of drug-likeness (QED) is 0.617. The van der Waals surface area contributed by atoms with Gasteiger partial charge in [0.1, 0.15) is 11.5 Å². The molecule has 2 heteroatoms. The van der Waals surface area contributed by atoms with E-state index in [1.54, 1.807) is 0 Å². The standard InChI is InChI=1S/C17H26O2/c1-5-8-9-10-14(4)16-13-15(18-6-2)11-12-17(16)19-7-3/h8-9,11-14H,5-7,10H2,1-4H3/b9-8-. The van der Waals surface area contributed by atoms with Crippen LogP contribution < -0.4 is 9.47 Å². The second-order valence-corrected chi connectivity index (χ2v) is 4.58. The first-order valence-corrected chi connectivity index (χ1v) is 7.27. The highest BCUT2D eigenvalue weighted by atomic mass is 16.5. The number of hydrogen-bond acceptors (Lipinski definition) is 2. The highest BCUT2D eigenvalue weighted by molar-refractivity contribution is 5.42. The SMILES string of the molecule is CC/C=C\CC(C)c1cc(OCC)ccc1OCC. The van der Waals surface area contributed by atoms with Gasteiger partial charge in [-0.3, -0.25) is 0 Å². The van der Waals surface area contributed by atoms with Crippen LogP contribution in [0.4, 0.5) is 0 Å². The lowest BCUT2D eigenvalue weighted by Gasteiger charge is -2.17. The third-order valence-electron chi connectivity index (χ3n) is 3.02. The summed E-state index contributed by atoms with van der Waals surface area (Å²) < 4.78 is 11.3. The van der Waals surface area contributed by atoms with Gasteiger partial charge < -0.3 is 9.47 Å². The average molecular weight is 262 g/mol. The summed E-state index contributed by atoms with van der Waals surface area (Å²) in [5.74, 6) is 2.33. The predicted octanol–water partition coefficient (Wildman–Crippen LogP) is 4.94. The number of allylic oxidation sites excluding steroid dienone is 2. The first-order chi connectivity index (χ1) is 9.22. The van der Waals surface area contributed by atoms with Crippen molar-refractivity contribution in [1.29, 1.82) is 0 Å². The lowest BCUT2D eigenvalue weighted by atomic mass is 9.96. The number of benzene rings is 1. The van der Waals surface area contributed by atoms with Gasteiger partial charge in [0.2, 0.25) is 0 Å². The Hall–Kier alpha value is -1.44. The summed E-state index contributed by atoms with van der Waals surface area (Å²) in [6.07, 6.45) is 6.57. The van der Waals surface area contributed by atoms with Gasteiger partial charge in [0, 0.05) is 5.56 Å². The van der Waals surface area contributed by atoms with Crippen LogP contribution >= 0.6 is 0 Å². The van der Waals surface area contributed by atoms with Crippen molar-refractivity contribution in [3.8, 4) is 11.5 Å². The molecule has 1 atom stereocenters. The zero-order valence-electron chi connectivity index (χ0n) is 12.6. The van der Waals surface area contributed by atoms with Crippen LogP contribution in [0, 0.1) is 0 Å². The summed E-state index contributed by atoms with van der Waals surface area (Å²) >= 11 is 0. The third kappa shape index (κ3) is 4.98. The van der Waals surface area contributed by atoms with Gasteiger partial charge in [-0.1, -0.05) is 26.0 Å². The van der Waals surface area contributed by atoms with Crippen LogP contribution in [0.2, 0.25) is 0 Å². The van der Waals surface area contributed by atoms with Crippen LogP contribution in [0.1, 0.15) is 52.0 Å². The van der Waals surface area contributed by atoms with E-state index in [0.717, 1.165) is 24.3 Å². The molecule has 0 fully saturated rings. The number of rotatable bonds is 8. The van der Waals surface area contributed by atoms with E-state index in [9.17, 15) is 0 Å². The maximum Gasteiger partial charge on any atom is 0.123 e. The summed E-state index contributed by atoms with van der Waals surface area (Å²) in [6.45, 7) is 9.79. The first kappa shape index (κ1) is 15.6. The van der Waals surface area contributed by atoms with Crippen molar-refractivity contribution in [1.82, 2.24) is 0 Å². The van der Waals surface area contributed by atoms with E-state index in [1.807, 2.05) is 26.0 Å². The first-order valence-electron chi connectivity index (χ1n) is 7.27. The van der Waals surface area contributed by atoms with Crippen molar-refractivity contribution in [2.45, 2.75) is 46.5 Å². The van der Waals surface area contributed by atoms with E-state index in [1.165, 1.54) is 5.56 Å². The third-order valence-corrected chi connectivity index (χ3v) is 3.02. The van der Waals surface area contributed by atoms with Gasteiger partial charge >= 0.3 is 0 Å². The molecule has 0 aromatic heterocycles. The van der Waals surface area contributed by atoms with E-state index in [-0.39, 0.29) is 0 Å². The van der Waals surface area contributed by atoms with Crippen molar-refractivity contribution in [2.75, 3.05) is 13.2 Å². The summed E-state index contributed by atoms with van der Waals surface area (Å²) in [4.78, 5) is 0. The summed E-state index contributed by atoms with van der Waals surface area (Å²) in [5, 5.41) is 0. The molecule has 0 aliphatic heterocycles. The highest BCUT2D eigenvalue weighted by Crippen LogP contribution is 2.32. The second-order valence-electron chi connectivity index (χ2n) is 4.58. The Morgan fingerprint density at radius 3 is 2.42 bits per heavy atom. The molecular formula is C17H26O2. The molecule has 0 aliphatic rings. The van der Waals surface area contributed by atoms with E-state index in [2.05, 4.69) is 32.1 Å². The smallest absolute Gasteiger partial charge is 0.123 e. The molecule has 0 amide bonds. The Bertz CT molecular complexity index is 396. The van der Waals surface area contributed by atoms with E-state index in [0.29, 0.717) is 19.1 Å².